The van der Waals surface area contributed by atoms with Crippen molar-refractivity contribution >= 4 is 29.3 Å². The van der Waals surface area contributed by atoms with E-state index in [0.29, 0.717) is 25.1 Å². The monoisotopic (exact) mass is 527 g/mol. The van der Waals surface area contributed by atoms with E-state index in [2.05, 4.69) is 10.6 Å². The number of hydrogen-bond donors (Lipinski definition) is 3. The largest absolute Gasteiger partial charge is 0.496 e. The molecule has 4 rings (SSSR count). The van der Waals surface area contributed by atoms with Crippen molar-refractivity contribution in [1.29, 1.82) is 0 Å². The highest BCUT2D eigenvalue weighted by atomic mass is 19.4. The summed E-state index contributed by atoms with van der Waals surface area (Å²) in [7, 11) is 1.11. The highest BCUT2D eigenvalue weighted by molar-refractivity contribution is 5.99. The van der Waals surface area contributed by atoms with Gasteiger partial charge in [0.25, 0.3) is 0 Å². The van der Waals surface area contributed by atoms with Gasteiger partial charge in [0, 0.05) is 24.0 Å². The fourth-order valence-corrected chi connectivity index (χ4v) is 4.26. The maximum absolute atomic E-state index is 13.1. The Hall–Kier alpha value is -4.54. The van der Waals surface area contributed by atoms with Gasteiger partial charge in [0.1, 0.15) is 11.8 Å². The molecule has 0 spiro atoms. The van der Waals surface area contributed by atoms with Gasteiger partial charge in [-0.05, 0) is 60.4 Å². The fourth-order valence-electron chi connectivity index (χ4n) is 4.26. The summed E-state index contributed by atoms with van der Waals surface area (Å²) in [4.78, 5) is 38.2. The first-order chi connectivity index (χ1) is 18.1. The molecular formula is C27H24F3N3O5. The number of carboxylic acids is 1. The average Bonchev–Trinajstić information content (AvgIpc) is 3.39. The van der Waals surface area contributed by atoms with Crippen molar-refractivity contribution in [3.05, 3.63) is 77.9 Å². The van der Waals surface area contributed by atoms with Crippen molar-refractivity contribution in [2.24, 2.45) is 0 Å². The molecule has 0 bridgehead atoms. The van der Waals surface area contributed by atoms with E-state index < -0.39 is 35.5 Å². The molecule has 1 saturated heterocycles. The number of hydrogen-bond acceptors (Lipinski definition) is 4. The number of benzene rings is 3. The molecule has 0 saturated carbocycles. The Morgan fingerprint density at radius 3 is 2.11 bits per heavy atom. The number of ether oxygens (including phenoxy) is 1. The van der Waals surface area contributed by atoms with Crippen molar-refractivity contribution in [1.82, 2.24) is 4.90 Å². The van der Waals surface area contributed by atoms with Crippen LogP contribution < -0.4 is 15.4 Å². The third-order valence-electron chi connectivity index (χ3n) is 6.19. The molecule has 1 aliphatic heterocycles. The zero-order chi connectivity index (χ0) is 27.4. The second-order valence-corrected chi connectivity index (χ2v) is 8.64. The first-order valence-electron chi connectivity index (χ1n) is 11.6. The van der Waals surface area contributed by atoms with E-state index in [1.165, 1.54) is 17.0 Å². The maximum Gasteiger partial charge on any atom is 0.419 e. The minimum atomic E-state index is -4.60. The lowest BCUT2D eigenvalue weighted by Gasteiger charge is -2.24. The molecule has 1 aliphatic rings. The summed E-state index contributed by atoms with van der Waals surface area (Å²) < 4.78 is 44.1. The van der Waals surface area contributed by atoms with Crippen LogP contribution in [0, 0.1) is 0 Å². The van der Waals surface area contributed by atoms with Crippen LogP contribution in [0.15, 0.2) is 66.7 Å². The Bertz CT molecular complexity index is 1340. The lowest BCUT2D eigenvalue weighted by Crippen LogP contribution is -2.45. The lowest BCUT2D eigenvalue weighted by atomic mass is 10.0. The van der Waals surface area contributed by atoms with Gasteiger partial charge in [-0.1, -0.05) is 24.3 Å². The summed E-state index contributed by atoms with van der Waals surface area (Å²) >= 11 is 0. The molecule has 3 N–H and O–H groups in total. The quantitative estimate of drug-likeness (QED) is 0.380. The van der Waals surface area contributed by atoms with Gasteiger partial charge in [-0.15, -0.1) is 0 Å². The highest BCUT2D eigenvalue weighted by Gasteiger charge is 2.36. The van der Waals surface area contributed by atoms with Crippen LogP contribution in [0.5, 0.6) is 5.75 Å². The number of nitrogens with one attached hydrogen (secondary N) is 2. The number of carbonyl (C=O) groups is 3. The summed E-state index contributed by atoms with van der Waals surface area (Å²) in [6.07, 6.45) is -3.58. The Kier molecular flexibility index (Phi) is 7.56. The van der Waals surface area contributed by atoms with E-state index in [1.807, 2.05) is 0 Å². The van der Waals surface area contributed by atoms with Gasteiger partial charge in [0.05, 0.1) is 18.2 Å². The number of carbonyl (C=O) groups excluding carboxylic acids is 2. The van der Waals surface area contributed by atoms with Crippen LogP contribution in [0.1, 0.15) is 28.8 Å². The zero-order valence-electron chi connectivity index (χ0n) is 20.2. The zero-order valence-corrected chi connectivity index (χ0v) is 20.2. The number of rotatable bonds is 6. The number of methoxy groups -OCH3 is 1. The Labute approximate surface area is 216 Å². The predicted molar refractivity (Wildman–Crippen MR) is 134 cm³/mol. The molecule has 198 valence electrons. The molecule has 0 radical (unpaired) electrons. The molecule has 3 amide bonds. The van der Waals surface area contributed by atoms with Gasteiger partial charge in [-0.3, -0.25) is 4.79 Å². The number of likely N-dealkylation sites (tertiary alicyclic amines) is 1. The third kappa shape index (κ3) is 5.88. The molecule has 0 unspecified atom stereocenters. The van der Waals surface area contributed by atoms with Crippen LogP contribution in [0.3, 0.4) is 0 Å². The summed E-state index contributed by atoms with van der Waals surface area (Å²) in [6.45, 7) is 0.312. The molecule has 38 heavy (non-hydrogen) atoms. The maximum atomic E-state index is 13.1. The van der Waals surface area contributed by atoms with Crippen molar-refractivity contribution in [3.63, 3.8) is 0 Å². The number of anilines is 2. The minimum Gasteiger partial charge on any atom is -0.496 e. The predicted octanol–water partition coefficient (Wildman–Crippen LogP) is 5.71. The van der Waals surface area contributed by atoms with Crippen molar-refractivity contribution < 1.29 is 37.4 Å². The summed E-state index contributed by atoms with van der Waals surface area (Å²) in [5, 5.41) is 14.4. The molecule has 3 aromatic rings. The van der Waals surface area contributed by atoms with Gasteiger partial charge < -0.3 is 25.4 Å². The molecule has 0 aliphatic carbocycles. The van der Waals surface area contributed by atoms with E-state index in [0.717, 1.165) is 36.4 Å². The fraction of sp³-hybridized carbons (Fsp3) is 0.222. The van der Waals surface area contributed by atoms with Crippen molar-refractivity contribution in [2.45, 2.75) is 25.1 Å². The van der Waals surface area contributed by atoms with Crippen LogP contribution >= 0.6 is 0 Å². The van der Waals surface area contributed by atoms with Crippen LogP contribution in [0.4, 0.5) is 29.3 Å². The summed E-state index contributed by atoms with van der Waals surface area (Å²) in [6, 6.07) is 15.0. The number of halogens is 3. The number of aromatic carboxylic acids is 1. The molecule has 1 heterocycles. The molecule has 8 nitrogen and oxygen atoms in total. The first-order valence-corrected chi connectivity index (χ1v) is 11.6. The molecule has 3 aromatic carbocycles. The van der Waals surface area contributed by atoms with Gasteiger partial charge in [0.2, 0.25) is 5.91 Å². The van der Waals surface area contributed by atoms with Gasteiger partial charge in [-0.25, -0.2) is 9.59 Å². The topological polar surface area (TPSA) is 108 Å². The standard InChI is InChI=1S/C27H24F3N3O5/c1-38-23-15-20(12-13-21(23)27(28,29)30)32-26(37)33-14-2-3-22(33)24(34)31-19-10-8-17(9-11-19)16-4-6-18(7-5-16)25(35)36/h4-13,15,22H,2-3,14H2,1H3,(H,31,34)(H,32,37)(H,35,36)/t22-/m1/s1. The van der Waals surface area contributed by atoms with Crippen LogP contribution in [-0.4, -0.2) is 47.6 Å². The summed E-state index contributed by atoms with van der Waals surface area (Å²) in [5.74, 6) is -1.82. The van der Waals surface area contributed by atoms with E-state index >= 15 is 0 Å². The Morgan fingerprint density at radius 2 is 1.53 bits per heavy atom. The SMILES string of the molecule is COc1cc(NC(=O)N2CCC[C@@H]2C(=O)Nc2ccc(-c3ccc(C(=O)O)cc3)cc2)ccc1C(F)(F)F. The summed E-state index contributed by atoms with van der Waals surface area (Å²) in [5.41, 5.74) is 1.48. The number of alkyl halides is 3. The normalized spacial score (nSPS) is 15.2. The van der Waals surface area contributed by atoms with Crippen molar-refractivity contribution in [3.8, 4) is 16.9 Å². The van der Waals surface area contributed by atoms with E-state index in [4.69, 9.17) is 9.84 Å². The smallest absolute Gasteiger partial charge is 0.419 e. The molecular weight excluding hydrogens is 503 g/mol. The van der Waals surface area contributed by atoms with E-state index in [-0.39, 0.29) is 17.2 Å². The van der Waals surface area contributed by atoms with E-state index in [9.17, 15) is 27.6 Å². The first kappa shape index (κ1) is 26.5. The van der Waals surface area contributed by atoms with E-state index in [1.54, 1.807) is 36.4 Å². The van der Waals surface area contributed by atoms with Gasteiger partial charge in [0.15, 0.2) is 0 Å². The van der Waals surface area contributed by atoms with Crippen molar-refractivity contribution in [2.75, 3.05) is 24.3 Å². The Morgan fingerprint density at radius 1 is 0.921 bits per heavy atom. The number of nitrogens with zero attached hydrogens (tertiary/aromatic N) is 1. The molecule has 1 fully saturated rings. The highest BCUT2D eigenvalue weighted by Crippen LogP contribution is 2.37. The van der Waals surface area contributed by atoms with Crippen LogP contribution in [0.25, 0.3) is 11.1 Å². The third-order valence-corrected chi connectivity index (χ3v) is 6.19. The minimum absolute atomic E-state index is 0.109. The average molecular weight is 527 g/mol. The second-order valence-electron chi connectivity index (χ2n) is 8.64. The Balaban J connectivity index is 1.40. The van der Waals surface area contributed by atoms with Gasteiger partial charge in [-0.2, -0.15) is 13.2 Å². The number of urea groups is 1. The number of carboxylic acid groups (broad SMARTS) is 1. The van der Waals surface area contributed by atoms with Gasteiger partial charge >= 0.3 is 18.2 Å². The molecule has 11 heteroatoms. The molecule has 1 atom stereocenters. The lowest BCUT2D eigenvalue weighted by molar-refractivity contribution is -0.138. The number of amides is 3. The second kappa shape index (κ2) is 10.8. The molecule has 0 aromatic heterocycles. The van der Waals surface area contributed by atoms with Crippen LogP contribution in [0.2, 0.25) is 0 Å². The van der Waals surface area contributed by atoms with Crippen LogP contribution in [-0.2, 0) is 11.0 Å².